The topological polar surface area (TPSA) is 178 Å². The van der Waals surface area contributed by atoms with Crippen molar-refractivity contribution in [2.45, 2.75) is 314 Å². The number of hydrogen-bond donors (Lipinski definition) is 4. The van der Waals surface area contributed by atoms with E-state index in [1.807, 2.05) is 0 Å². The second-order valence-electron chi connectivity index (χ2n) is 21.3. The Bertz CT molecular complexity index is 1480. The summed E-state index contributed by atoms with van der Waals surface area (Å²) >= 11 is 0. The van der Waals surface area contributed by atoms with Gasteiger partial charge in [0.25, 0.3) is 0 Å². The number of esters is 1. The van der Waals surface area contributed by atoms with E-state index in [1.165, 1.54) is 180 Å². The zero-order chi connectivity index (χ0) is 54.6. The molecule has 0 radical (unpaired) electrons. The molecule has 0 aromatic rings. The van der Waals surface area contributed by atoms with Gasteiger partial charge in [0.15, 0.2) is 6.29 Å². The van der Waals surface area contributed by atoms with E-state index in [9.17, 15) is 33.1 Å². The van der Waals surface area contributed by atoms with Crippen molar-refractivity contribution in [3.8, 4) is 0 Å². The molecule has 1 fully saturated rings. The summed E-state index contributed by atoms with van der Waals surface area (Å²) < 4.78 is 59.5. The van der Waals surface area contributed by atoms with Crippen molar-refractivity contribution in [2.75, 3.05) is 26.4 Å². The van der Waals surface area contributed by atoms with Gasteiger partial charge in [0, 0.05) is 13.0 Å². The van der Waals surface area contributed by atoms with Crippen molar-refractivity contribution >= 4 is 16.4 Å². The highest BCUT2D eigenvalue weighted by molar-refractivity contribution is 7.80. The maximum Gasteiger partial charge on any atom is 0.397 e. The van der Waals surface area contributed by atoms with E-state index in [2.05, 4.69) is 66.6 Å². The van der Waals surface area contributed by atoms with E-state index >= 15 is 0 Å². The maximum atomic E-state index is 13.0. The summed E-state index contributed by atoms with van der Waals surface area (Å²) in [5.41, 5.74) is 0. The predicted octanol–water partition coefficient (Wildman–Crippen LogP) is 15.8. The zero-order valence-corrected chi connectivity index (χ0v) is 48.7. The van der Waals surface area contributed by atoms with Crippen molar-refractivity contribution < 1.29 is 56.2 Å². The Balaban J connectivity index is 2.25. The number of aliphatic hydroxyl groups excluding tert-OH is 3. The fourth-order valence-electron chi connectivity index (χ4n) is 9.61. The number of allylic oxidation sites excluding steroid dienone is 8. The van der Waals surface area contributed by atoms with Crippen LogP contribution in [0.5, 0.6) is 0 Å². The predicted molar refractivity (Wildman–Crippen MR) is 308 cm³/mol. The molecule has 0 saturated carbocycles. The molecule has 13 heteroatoms. The Morgan fingerprint density at radius 3 is 1.35 bits per heavy atom. The van der Waals surface area contributed by atoms with E-state index in [4.69, 9.17) is 18.9 Å². The SMILES string of the molecule is CC/C=C\C/C=C\C/C=C\C/C=C\CCCCCCCCCCCCC(=O)OC(COCCCCCCCCCCCCCCCCCCCCCCCCCCC)COC1OC(CO)C(O)C(OS(=O)(=O)O)C1O. The fourth-order valence-corrected chi connectivity index (χ4v) is 10.1. The lowest BCUT2D eigenvalue weighted by Crippen LogP contribution is -2.60. The average Bonchev–Trinajstić information content (AvgIpc) is 3.39. The van der Waals surface area contributed by atoms with Crippen LogP contribution in [0, 0.1) is 0 Å². The summed E-state index contributed by atoms with van der Waals surface area (Å²) in [6.07, 6.45) is 58.7. The first-order valence-electron chi connectivity index (χ1n) is 30.9. The monoisotopic (exact) mass is 1080 g/mol. The molecule has 6 unspecified atom stereocenters. The van der Waals surface area contributed by atoms with Crippen LogP contribution in [-0.4, -0.2) is 97.5 Å². The molecule has 0 aliphatic carbocycles. The molecule has 0 amide bonds. The fraction of sp³-hybridized carbons (Fsp3) is 0.855. The lowest BCUT2D eigenvalue weighted by atomic mass is 9.99. The highest BCUT2D eigenvalue weighted by Crippen LogP contribution is 2.26. The lowest BCUT2D eigenvalue weighted by molar-refractivity contribution is -0.301. The van der Waals surface area contributed by atoms with E-state index in [-0.39, 0.29) is 19.6 Å². The average molecular weight is 1080 g/mol. The normalized spacial score (nSPS) is 18.9. The van der Waals surface area contributed by atoms with Crippen LogP contribution in [0.4, 0.5) is 0 Å². The highest BCUT2D eigenvalue weighted by atomic mass is 32.3. The summed E-state index contributed by atoms with van der Waals surface area (Å²) in [7, 11) is -5.07. The quantitative estimate of drug-likeness (QED) is 0.0196. The van der Waals surface area contributed by atoms with Crippen LogP contribution < -0.4 is 0 Å². The third-order valence-corrected chi connectivity index (χ3v) is 14.7. The molecule has 440 valence electrons. The van der Waals surface area contributed by atoms with Crippen LogP contribution in [-0.2, 0) is 38.3 Å². The van der Waals surface area contributed by atoms with Gasteiger partial charge in [-0.25, -0.2) is 4.18 Å². The van der Waals surface area contributed by atoms with Gasteiger partial charge in [-0.05, 0) is 51.4 Å². The minimum Gasteiger partial charge on any atom is -0.457 e. The molecule has 6 atom stereocenters. The van der Waals surface area contributed by atoms with Crippen LogP contribution in [0.3, 0.4) is 0 Å². The third-order valence-electron chi connectivity index (χ3n) is 14.2. The van der Waals surface area contributed by atoms with Crippen LogP contribution in [0.15, 0.2) is 48.6 Å². The molecule has 0 aromatic carbocycles. The highest BCUT2D eigenvalue weighted by Gasteiger charge is 2.48. The van der Waals surface area contributed by atoms with Gasteiger partial charge in [-0.3, -0.25) is 9.35 Å². The summed E-state index contributed by atoms with van der Waals surface area (Å²) in [4.78, 5) is 13.0. The molecule has 75 heavy (non-hydrogen) atoms. The lowest BCUT2D eigenvalue weighted by Gasteiger charge is -2.41. The minimum atomic E-state index is -5.07. The molecule has 1 saturated heterocycles. The Morgan fingerprint density at radius 2 is 0.920 bits per heavy atom. The maximum absolute atomic E-state index is 13.0. The largest absolute Gasteiger partial charge is 0.457 e. The number of hydrogen-bond acceptors (Lipinski definition) is 11. The molecule has 1 aliphatic rings. The van der Waals surface area contributed by atoms with Crippen molar-refractivity contribution in [3.63, 3.8) is 0 Å². The van der Waals surface area contributed by atoms with Crippen LogP contribution in [0.2, 0.25) is 0 Å². The van der Waals surface area contributed by atoms with Gasteiger partial charge in [0.1, 0.15) is 30.5 Å². The number of ether oxygens (including phenoxy) is 4. The van der Waals surface area contributed by atoms with Gasteiger partial charge in [-0.2, -0.15) is 8.42 Å². The summed E-state index contributed by atoms with van der Waals surface area (Å²) in [5.74, 6) is -0.399. The minimum absolute atomic E-state index is 0.0371. The smallest absolute Gasteiger partial charge is 0.397 e. The van der Waals surface area contributed by atoms with Gasteiger partial charge in [0.2, 0.25) is 0 Å². The van der Waals surface area contributed by atoms with Gasteiger partial charge in [-0.1, -0.05) is 268 Å². The summed E-state index contributed by atoms with van der Waals surface area (Å²) in [5, 5.41) is 30.9. The zero-order valence-electron chi connectivity index (χ0n) is 47.9. The molecule has 1 heterocycles. The van der Waals surface area contributed by atoms with Gasteiger partial charge in [-0.15, -0.1) is 0 Å². The molecule has 0 spiro atoms. The van der Waals surface area contributed by atoms with E-state index in [0.717, 1.165) is 70.6 Å². The Kier molecular flexibility index (Phi) is 50.0. The molecule has 1 aliphatic heterocycles. The van der Waals surface area contributed by atoms with Crippen LogP contribution >= 0.6 is 0 Å². The van der Waals surface area contributed by atoms with Crippen molar-refractivity contribution in [1.82, 2.24) is 0 Å². The van der Waals surface area contributed by atoms with Crippen molar-refractivity contribution in [3.05, 3.63) is 48.6 Å². The first kappa shape index (κ1) is 71.1. The molecule has 12 nitrogen and oxygen atoms in total. The van der Waals surface area contributed by atoms with Crippen molar-refractivity contribution in [2.24, 2.45) is 0 Å². The number of rotatable bonds is 55. The van der Waals surface area contributed by atoms with Gasteiger partial charge in [0.05, 0.1) is 19.8 Å². The first-order chi connectivity index (χ1) is 36.6. The Labute approximate surface area is 459 Å². The van der Waals surface area contributed by atoms with Gasteiger partial charge >= 0.3 is 16.4 Å². The summed E-state index contributed by atoms with van der Waals surface area (Å²) in [6.45, 7) is 3.94. The number of unbranched alkanes of at least 4 members (excludes halogenated alkanes) is 34. The second kappa shape index (κ2) is 52.7. The molecule has 0 bridgehead atoms. The van der Waals surface area contributed by atoms with Crippen LogP contribution in [0.1, 0.15) is 277 Å². The standard InChI is InChI=1S/C62H114O12S/c1-3-5-7-9-11-13-15-17-19-21-23-25-27-28-30-32-34-36-38-40-42-44-46-48-50-52-70-54-56(55-71-62-60(66)61(74-75(67,68)69)59(65)57(53-63)73-62)72-58(64)51-49-47-45-43-41-39-37-35-33-31-29-26-24-22-20-18-16-14-12-10-8-6-4-2/h6,8,12,14,18,20,24,26,56-57,59-63,65-66H,3-5,7,9-11,13,15-17,19,21-23,25,27-55H2,1-2H3,(H,67,68,69)/b8-6-,14-12-,20-18-,26-24-. The van der Waals surface area contributed by atoms with Crippen molar-refractivity contribution in [1.29, 1.82) is 0 Å². The number of carbonyl (C=O) groups excluding carboxylic acids is 1. The number of aliphatic hydroxyl groups is 3. The molecular formula is C62H114O12S. The third kappa shape index (κ3) is 45.6. The first-order valence-corrected chi connectivity index (χ1v) is 32.3. The summed E-state index contributed by atoms with van der Waals surface area (Å²) in [6, 6.07) is 0. The van der Waals surface area contributed by atoms with E-state index in [0.29, 0.717) is 13.0 Å². The Hall–Kier alpha value is -1.94. The molecule has 4 N–H and O–H groups in total. The van der Waals surface area contributed by atoms with Crippen LogP contribution in [0.25, 0.3) is 0 Å². The second-order valence-corrected chi connectivity index (χ2v) is 22.3. The van der Waals surface area contributed by atoms with E-state index in [1.54, 1.807) is 0 Å². The van der Waals surface area contributed by atoms with E-state index < -0.39 is 59.8 Å². The molecule has 1 rings (SSSR count). The Morgan fingerprint density at radius 1 is 0.520 bits per heavy atom. The number of carbonyl (C=O) groups is 1. The van der Waals surface area contributed by atoms with Gasteiger partial charge < -0.3 is 34.3 Å². The molecule has 0 aromatic heterocycles. The molecular weight excluding hydrogens is 969 g/mol.